The molecule has 1 aromatic rings. The quantitative estimate of drug-likeness (QED) is 0.752. The van der Waals surface area contributed by atoms with E-state index in [1.807, 2.05) is 17.8 Å². The highest BCUT2D eigenvalue weighted by atomic mass is 16.4. The average molecular weight is 209 g/mol. The molecule has 0 aliphatic heterocycles. The molecule has 0 bridgehead atoms. The van der Waals surface area contributed by atoms with E-state index in [2.05, 4.69) is 10.3 Å². The van der Waals surface area contributed by atoms with Crippen LogP contribution >= 0.6 is 0 Å². The normalized spacial score (nSPS) is 24.9. The maximum atomic E-state index is 10.8. The fourth-order valence-electron chi connectivity index (χ4n) is 1.83. The van der Waals surface area contributed by atoms with Gasteiger partial charge in [-0.3, -0.25) is 4.79 Å². The molecule has 1 heterocycles. The third-order valence-electron chi connectivity index (χ3n) is 3.03. The van der Waals surface area contributed by atoms with Crippen molar-refractivity contribution < 1.29 is 9.90 Å². The van der Waals surface area contributed by atoms with Gasteiger partial charge in [-0.15, -0.1) is 0 Å². The van der Waals surface area contributed by atoms with Crippen molar-refractivity contribution in [2.75, 3.05) is 0 Å². The van der Waals surface area contributed by atoms with Crippen molar-refractivity contribution >= 4 is 5.97 Å². The lowest BCUT2D eigenvalue weighted by Crippen LogP contribution is -2.47. The molecule has 2 N–H and O–H groups in total. The van der Waals surface area contributed by atoms with E-state index in [4.69, 9.17) is 5.11 Å². The highest BCUT2D eigenvalue weighted by Gasteiger charge is 2.36. The molecular formula is C10H15N3O2. The summed E-state index contributed by atoms with van der Waals surface area (Å²) in [5.74, 6) is 0.0231. The molecule has 5 heteroatoms. The van der Waals surface area contributed by atoms with E-state index in [-0.39, 0.29) is 12.0 Å². The Morgan fingerprint density at radius 2 is 2.53 bits per heavy atom. The molecule has 1 aliphatic rings. The second kappa shape index (κ2) is 4.02. The van der Waals surface area contributed by atoms with Crippen molar-refractivity contribution in [2.24, 2.45) is 13.0 Å². The Balaban J connectivity index is 1.84. The van der Waals surface area contributed by atoms with Crippen LogP contribution < -0.4 is 5.32 Å². The molecule has 2 rings (SSSR count). The van der Waals surface area contributed by atoms with Crippen LogP contribution in [0.4, 0.5) is 0 Å². The zero-order valence-electron chi connectivity index (χ0n) is 8.68. The summed E-state index contributed by atoms with van der Waals surface area (Å²) in [6.07, 6.45) is 5.36. The second-order valence-corrected chi connectivity index (χ2v) is 3.96. The second-order valence-electron chi connectivity index (χ2n) is 3.96. The van der Waals surface area contributed by atoms with Gasteiger partial charge in [0.1, 0.15) is 5.82 Å². The van der Waals surface area contributed by atoms with Crippen molar-refractivity contribution in [3.63, 3.8) is 0 Å². The summed E-state index contributed by atoms with van der Waals surface area (Å²) in [4.78, 5) is 14.9. The van der Waals surface area contributed by atoms with Gasteiger partial charge in [-0.05, 0) is 12.8 Å². The molecule has 2 atom stereocenters. The molecule has 1 aromatic heterocycles. The number of hydrogen-bond acceptors (Lipinski definition) is 3. The molecule has 5 nitrogen and oxygen atoms in total. The largest absolute Gasteiger partial charge is 0.481 e. The van der Waals surface area contributed by atoms with E-state index >= 15 is 0 Å². The van der Waals surface area contributed by atoms with Crippen molar-refractivity contribution in [2.45, 2.75) is 25.4 Å². The number of carboxylic acids is 1. The molecule has 0 radical (unpaired) electrons. The molecule has 0 saturated heterocycles. The van der Waals surface area contributed by atoms with Crippen LogP contribution in [0.3, 0.4) is 0 Å². The lowest BCUT2D eigenvalue weighted by atomic mass is 9.79. The summed E-state index contributed by atoms with van der Waals surface area (Å²) >= 11 is 0. The van der Waals surface area contributed by atoms with Gasteiger partial charge in [0.15, 0.2) is 0 Å². The number of aromatic nitrogens is 2. The Labute approximate surface area is 88.1 Å². The molecular weight excluding hydrogens is 194 g/mol. The first-order valence-electron chi connectivity index (χ1n) is 5.11. The van der Waals surface area contributed by atoms with Crippen LogP contribution in [0.5, 0.6) is 0 Å². The highest BCUT2D eigenvalue weighted by molar-refractivity contribution is 5.72. The molecule has 82 valence electrons. The van der Waals surface area contributed by atoms with Gasteiger partial charge in [0.25, 0.3) is 0 Å². The number of hydrogen-bond donors (Lipinski definition) is 2. The Morgan fingerprint density at radius 3 is 3.00 bits per heavy atom. The van der Waals surface area contributed by atoms with E-state index in [0.29, 0.717) is 6.54 Å². The number of carbonyl (C=O) groups is 1. The summed E-state index contributed by atoms with van der Waals surface area (Å²) < 4.78 is 1.93. The first-order chi connectivity index (χ1) is 7.18. The molecule has 1 aliphatic carbocycles. The number of rotatable bonds is 4. The van der Waals surface area contributed by atoms with Gasteiger partial charge in [0, 0.05) is 25.5 Å². The minimum atomic E-state index is -0.696. The smallest absolute Gasteiger partial charge is 0.308 e. The van der Waals surface area contributed by atoms with Crippen molar-refractivity contribution in [3.8, 4) is 0 Å². The van der Waals surface area contributed by atoms with Crippen LogP contribution in [0.2, 0.25) is 0 Å². The molecule has 1 saturated carbocycles. The maximum Gasteiger partial charge on any atom is 0.308 e. The van der Waals surface area contributed by atoms with Crippen LogP contribution in [0.25, 0.3) is 0 Å². The summed E-state index contributed by atoms with van der Waals surface area (Å²) in [6.45, 7) is 0.637. The predicted octanol–water partition coefficient (Wildman–Crippen LogP) is 0.373. The van der Waals surface area contributed by atoms with Gasteiger partial charge < -0.3 is 15.0 Å². The fraction of sp³-hybridized carbons (Fsp3) is 0.600. The van der Waals surface area contributed by atoms with Crippen LogP contribution in [0, 0.1) is 5.92 Å². The number of aliphatic carboxylic acids is 1. The summed E-state index contributed by atoms with van der Waals surface area (Å²) in [5, 5.41) is 12.1. The van der Waals surface area contributed by atoms with Crippen LogP contribution in [0.1, 0.15) is 18.7 Å². The van der Waals surface area contributed by atoms with Gasteiger partial charge in [-0.25, -0.2) is 4.98 Å². The lowest BCUT2D eigenvalue weighted by molar-refractivity contribution is -0.146. The first-order valence-corrected chi connectivity index (χ1v) is 5.11. The third kappa shape index (κ3) is 2.02. The number of aryl methyl sites for hydroxylation is 1. The SMILES string of the molecule is Cn1ccnc1CNC1CCC1C(=O)O. The van der Waals surface area contributed by atoms with Gasteiger partial charge >= 0.3 is 5.97 Å². The van der Waals surface area contributed by atoms with Crippen molar-refractivity contribution in [1.82, 2.24) is 14.9 Å². The van der Waals surface area contributed by atoms with Gasteiger partial charge in [-0.1, -0.05) is 0 Å². The highest BCUT2D eigenvalue weighted by Crippen LogP contribution is 2.27. The standard InChI is InChI=1S/C10H15N3O2/c1-13-5-4-11-9(13)6-12-8-3-2-7(8)10(14)15/h4-5,7-8,12H,2-3,6H2,1H3,(H,14,15). The van der Waals surface area contributed by atoms with Crippen LogP contribution in [-0.2, 0) is 18.4 Å². The predicted molar refractivity (Wildman–Crippen MR) is 54.2 cm³/mol. The van der Waals surface area contributed by atoms with Crippen LogP contribution in [0.15, 0.2) is 12.4 Å². The zero-order valence-corrected chi connectivity index (χ0v) is 8.68. The molecule has 0 spiro atoms. The van der Waals surface area contributed by atoms with Crippen LogP contribution in [-0.4, -0.2) is 26.7 Å². The number of nitrogens with zero attached hydrogens (tertiary/aromatic N) is 2. The summed E-state index contributed by atoms with van der Waals surface area (Å²) in [7, 11) is 1.93. The average Bonchev–Trinajstić information content (AvgIpc) is 2.49. The first kappa shape index (κ1) is 10.2. The van der Waals surface area contributed by atoms with E-state index in [9.17, 15) is 4.79 Å². The topological polar surface area (TPSA) is 67.2 Å². The van der Waals surface area contributed by atoms with E-state index in [0.717, 1.165) is 18.7 Å². The third-order valence-corrected chi connectivity index (χ3v) is 3.03. The van der Waals surface area contributed by atoms with E-state index in [1.54, 1.807) is 6.20 Å². The molecule has 15 heavy (non-hydrogen) atoms. The minimum Gasteiger partial charge on any atom is -0.481 e. The van der Waals surface area contributed by atoms with Gasteiger partial charge in [0.05, 0.1) is 12.5 Å². The maximum absolute atomic E-state index is 10.8. The Bertz CT molecular complexity index is 361. The van der Waals surface area contributed by atoms with Crippen molar-refractivity contribution in [3.05, 3.63) is 18.2 Å². The van der Waals surface area contributed by atoms with E-state index in [1.165, 1.54) is 0 Å². The molecule has 2 unspecified atom stereocenters. The lowest BCUT2D eigenvalue weighted by Gasteiger charge is -2.33. The number of nitrogens with one attached hydrogen (secondary N) is 1. The van der Waals surface area contributed by atoms with Gasteiger partial charge in [-0.2, -0.15) is 0 Å². The monoisotopic (exact) mass is 209 g/mol. The number of imidazole rings is 1. The Hall–Kier alpha value is -1.36. The summed E-state index contributed by atoms with van der Waals surface area (Å²) in [5.41, 5.74) is 0. The number of carboxylic acid groups (broad SMARTS) is 1. The minimum absolute atomic E-state index is 0.110. The Morgan fingerprint density at radius 1 is 1.73 bits per heavy atom. The van der Waals surface area contributed by atoms with E-state index < -0.39 is 5.97 Å². The summed E-state index contributed by atoms with van der Waals surface area (Å²) in [6, 6.07) is 0.110. The van der Waals surface area contributed by atoms with Gasteiger partial charge in [0.2, 0.25) is 0 Å². The molecule has 1 fully saturated rings. The zero-order chi connectivity index (χ0) is 10.8. The molecule has 0 amide bonds. The van der Waals surface area contributed by atoms with Crippen molar-refractivity contribution in [1.29, 1.82) is 0 Å². The Kier molecular flexibility index (Phi) is 2.73. The fourth-order valence-corrected chi connectivity index (χ4v) is 1.83. The molecule has 0 aromatic carbocycles.